The van der Waals surface area contributed by atoms with Crippen molar-refractivity contribution in [3.8, 4) is 0 Å². The molecule has 0 radical (unpaired) electrons. The molecule has 1 aromatic rings. The summed E-state index contributed by atoms with van der Waals surface area (Å²) in [6.45, 7) is 5.14. The molecule has 0 saturated carbocycles. The molecule has 1 aromatic carbocycles. The van der Waals surface area contributed by atoms with Crippen LogP contribution in [0.2, 0.25) is 0 Å². The predicted octanol–water partition coefficient (Wildman–Crippen LogP) is 3.24. The minimum absolute atomic E-state index is 0.0168. The third kappa shape index (κ3) is 2.63. The lowest BCUT2D eigenvalue weighted by atomic mass is 9.99. The van der Waals surface area contributed by atoms with E-state index in [0.717, 1.165) is 0 Å². The lowest BCUT2D eigenvalue weighted by Crippen LogP contribution is -2.14. The summed E-state index contributed by atoms with van der Waals surface area (Å²) in [6, 6.07) is 2.05. The van der Waals surface area contributed by atoms with E-state index in [1.54, 1.807) is 13.0 Å². The van der Waals surface area contributed by atoms with Gasteiger partial charge in [0.2, 0.25) is 0 Å². The molecule has 0 heterocycles. The van der Waals surface area contributed by atoms with Gasteiger partial charge in [0, 0.05) is 11.6 Å². The number of hydrogen-bond acceptors (Lipinski definition) is 1. The summed E-state index contributed by atoms with van der Waals surface area (Å²) >= 11 is 0. The number of aryl methyl sites for hydroxylation is 1. The zero-order chi connectivity index (χ0) is 11.4. The Balaban J connectivity index is 3.01. The van der Waals surface area contributed by atoms with E-state index in [1.807, 2.05) is 0 Å². The summed E-state index contributed by atoms with van der Waals surface area (Å²) in [7, 11) is 0. The van der Waals surface area contributed by atoms with E-state index in [9.17, 15) is 8.78 Å². The average molecular weight is 211 g/mol. The van der Waals surface area contributed by atoms with E-state index in [4.69, 9.17) is 5.73 Å². The summed E-state index contributed by atoms with van der Waals surface area (Å²) in [5, 5.41) is 0. The Kier molecular flexibility index (Phi) is 3.97. The number of benzene rings is 1. The first-order chi connectivity index (χ1) is 7.07. The third-order valence-electron chi connectivity index (χ3n) is 2.37. The van der Waals surface area contributed by atoms with Gasteiger partial charge in [-0.3, -0.25) is 0 Å². The van der Waals surface area contributed by atoms with Gasteiger partial charge in [-0.15, -0.1) is 6.58 Å². The normalized spacial score (nSPS) is 12.5. The maximum Gasteiger partial charge on any atom is 0.133 e. The van der Waals surface area contributed by atoms with Gasteiger partial charge in [0.15, 0.2) is 0 Å². The van der Waals surface area contributed by atoms with Crippen molar-refractivity contribution in [2.45, 2.75) is 25.8 Å². The maximum atomic E-state index is 13.6. The Hall–Kier alpha value is -1.22. The first kappa shape index (κ1) is 11.9. The second-order valence-electron chi connectivity index (χ2n) is 3.56. The number of hydrogen-bond donors (Lipinski definition) is 1. The first-order valence-electron chi connectivity index (χ1n) is 4.89. The van der Waals surface area contributed by atoms with Gasteiger partial charge in [-0.05, 0) is 31.4 Å². The minimum Gasteiger partial charge on any atom is -0.324 e. The van der Waals surface area contributed by atoms with E-state index in [2.05, 4.69) is 6.58 Å². The fourth-order valence-electron chi connectivity index (χ4n) is 1.46. The summed E-state index contributed by atoms with van der Waals surface area (Å²) in [5.74, 6) is -1.11. The van der Waals surface area contributed by atoms with Gasteiger partial charge >= 0.3 is 0 Å². The van der Waals surface area contributed by atoms with Crippen molar-refractivity contribution >= 4 is 0 Å². The molecule has 0 fully saturated rings. The van der Waals surface area contributed by atoms with Crippen molar-refractivity contribution in [1.82, 2.24) is 0 Å². The highest BCUT2D eigenvalue weighted by Crippen LogP contribution is 2.24. The Morgan fingerprint density at radius 3 is 2.73 bits per heavy atom. The minimum atomic E-state index is -0.608. The van der Waals surface area contributed by atoms with Crippen LogP contribution in [0.15, 0.2) is 24.8 Å². The lowest BCUT2D eigenvalue weighted by Gasteiger charge is -2.14. The summed E-state index contributed by atoms with van der Waals surface area (Å²) in [4.78, 5) is 0. The van der Waals surface area contributed by atoms with Crippen LogP contribution in [0.4, 0.5) is 8.78 Å². The van der Waals surface area contributed by atoms with Crippen LogP contribution in [-0.2, 0) is 0 Å². The molecule has 3 heteroatoms. The topological polar surface area (TPSA) is 26.0 Å². The molecule has 0 aliphatic rings. The van der Waals surface area contributed by atoms with Gasteiger partial charge in [-0.1, -0.05) is 12.1 Å². The smallest absolute Gasteiger partial charge is 0.133 e. The molecule has 0 spiro atoms. The van der Waals surface area contributed by atoms with Crippen molar-refractivity contribution in [2.24, 2.45) is 5.73 Å². The molecular formula is C12H15F2N. The molecule has 0 aliphatic carbocycles. The highest BCUT2D eigenvalue weighted by Gasteiger charge is 2.17. The molecule has 1 rings (SSSR count). The van der Waals surface area contributed by atoms with Crippen molar-refractivity contribution in [3.05, 3.63) is 47.5 Å². The quantitative estimate of drug-likeness (QED) is 0.760. The van der Waals surface area contributed by atoms with Gasteiger partial charge in [-0.2, -0.15) is 0 Å². The monoisotopic (exact) mass is 211 g/mol. The molecule has 0 saturated heterocycles. The molecule has 15 heavy (non-hydrogen) atoms. The molecular weight excluding hydrogens is 196 g/mol. The van der Waals surface area contributed by atoms with Crippen LogP contribution in [-0.4, -0.2) is 0 Å². The van der Waals surface area contributed by atoms with E-state index >= 15 is 0 Å². The molecule has 0 aliphatic heterocycles. The number of nitrogens with two attached hydrogens (primary N) is 1. The van der Waals surface area contributed by atoms with Crippen LogP contribution in [0.3, 0.4) is 0 Å². The molecule has 2 N–H and O–H groups in total. The molecule has 0 amide bonds. The van der Waals surface area contributed by atoms with Crippen LogP contribution >= 0.6 is 0 Å². The molecule has 0 bridgehead atoms. The number of rotatable bonds is 4. The molecule has 0 unspecified atom stereocenters. The number of halogens is 2. The standard InChI is InChI=1S/C12H15F2N/c1-3-4-5-10(15)11-9(13)7-6-8(2)12(11)14/h3,6-7,10H,1,4-5,15H2,2H3/t10-/m1/s1. The van der Waals surface area contributed by atoms with Crippen molar-refractivity contribution in [2.75, 3.05) is 0 Å². The van der Waals surface area contributed by atoms with Crippen LogP contribution in [0, 0.1) is 18.6 Å². The largest absolute Gasteiger partial charge is 0.324 e. The van der Waals surface area contributed by atoms with Gasteiger partial charge in [0.1, 0.15) is 11.6 Å². The Morgan fingerprint density at radius 2 is 2.13 bits per heavy atom. The summed E-state index contributed by atoms with van der Waals surface area (Å²) in [5.41, 5.74) is 6.12. The van der Waals surface area contributed by atoms with E-state index < -0.39 is 17.7 Å². The van der Waals surface area contributed by atoms with E-state index in [1.165, 1.54) is 12.1 Å². The van der Waals surface area contributed by atoms with Gasteiger partial charge in [0.05, 0.1) is 0 Å². The fourth-order valence-corrected chi connectivity index (χ4v) is 1.46. The zero-order valence-corrected chi connectivity index (χ0v) is 8.76. The molecule has 82 valence electrons. The van der Waals surface area contributed by atoms with Gasteiger partial charge in [-0.25, -0.2) is 8.78 Å². The van der Waals surface area contributed by atoms with Crippen LogP contribution in [0.25, 0.3) is 0 Å². The maximum absolute atomic E-state index is 13.6. The Bertz CT molecular complexity index is 361. The van der Waals surface area contributed by atoms with Crippen molar-refractivity contribution in [3.63, 3.8) is 0 Å². The molecule has 1 atom stereocenters. The Labute approximate surface area is 88.6 Å². The van der Waals surface area contributed by atoms with Crippen molar-refractivity contribution in [1.29, 1.82) is 0 Å². The van der Waals surface area contributed by atoms with Crippen LogP contribution in [0.1, 0.15) is 30.0 Å². The molecule has 1 nitrogen and oxygen atoms in total. The molecule has 0 aromatic heterocycles. The average Bonchev–Trinajstić information content (AvgIpc) is 2.21. The van der Waals surface area contributed by atoms with E-state index in [-0.39, 0.29) is 5.56 Å². The lowest BCUT2D eigenvalue weighted by molar-refractivity contribution is 0.510. The third-order valence-corrected chi connectivity index (χ3v) is 2.37. The van der Waals surface area contributed by atoms with Crippen molar-refractivity contribution < 1.29 is 8.78 Å². The second-order valence-corrected chi connectivity index (χ2v) is 3.56. The number of allylic oxidation sites excluding steroid dienone is 1. The summed E-state index contributed by atoms with van der Waals surface area (Å²) < 4.78 is 27.0. The first-order valence-corrected chi connectivity index (χ1v) is 4.89. The van der Waals surface area contributed by atoms with Gasteiger partial charge < -0.3 is 5.73 Å². The van der Waals surface area contributed by atoms with E-state index in [0.29, 0.717) is 18.4 Å². The second kappa shape index (κ2) is 5.03. The summed E-state index contributed by atoms with van der Waals surface area (Å²) in [6.07, 6.45) is 2.83. The van der Waals surface area contributed by atoms with Crippen LogP contribution < -0.4 is 5.73 Å². The fraction of sp³-hybridized carbons (Fsp3) is 0.333. The van der Waals surface area contributed by atoms with Gasteiger partial charge in [0.25, 0.3) is 0 Å². The SMILES string of the molecule is C=CCC[C@@H](N)c1c(F)ccc(C)c1F. The van der Waals surface area contributed by atoms with Crippen LogP contribution in [0.5, 0.6) is 0 Å². The highest BCUT2D eigenvalue weighted by molar-refractivity contribution is 5.29. The predicted molar refractivity (Wildman–Crippen MR) is 57.5 cm³/mol. The Morgan fingerprint density at radius 1 is 1.47 bits per heavy atom. The highest BCUT2D eigenvalue weighted by atomic mass is 19.1. The zero-order valence-electron chi connectivity index (χ0n) is 8.76.